The fourth-order valence-electron chi connectivity index (χ4n) is 4.84. The average Bonchev–Trinajstić information content (AvgIpc) is 3.34. The smallest absolute Gasteiger partial charge is 0.330 e. The standard InChI is InChI=1S/C30H28N2O7/c1-36-23-12-8-21(9-13-23)30(20-6-4-3-5-7-20,22-10-14-24(37-2)15-11-22)38-19-26-25(33)18-28(39-26)32-17-16-27(34)31-29(32)35/h3-17,26,28H,18-19H2,1-2H3,(H,31,34,35)/t26-,28-/m1/s1. The maximum atomic E-state index is 13.0. The molecular formula is C30H28N2O7. The van der Waals surface area contributed by atoms with E-state index < -0.39 is 29.2 Å². The van der Waals surface area contributed by atoms with Crippen LogP contribution < -0.4 is 20.7 Å². The molecule has 0 saturated carbocycles. The summed E-state index contributed by atoms with van der Waals surface area (Å²) < 4.78 is 24.7. The Balaban J connectivity index is 1.54. The second-order valence-corrected chi connectivity index (χ2v) is 9.08. The van der Waals surface area contributed by atoms with Crippen LogP contribution >= 0.6 is 0 Å². The van der Waals surface area contributed by atoms with E-state index in [0.717, 1.165) is 16.7 Å². The van der Waals surface area contributed by atoms with Gasteiger partial charge in [-0.3, -0.25) is 19.1 Å². The molecule has 200 valence electrons. The maximum absolute atomic E-state index is 13.0. The van der Waals surface area contributed by atoms with Crippen LogP contribution in [0.25, 0.3) is 0 Å². The SMILES string of the molecule is COc1ccc(C(OC[C@H]2O[C@@H](n3ccc(=O)[nH]c3=O)CC2=O)(c2ccccc2)c2ccc(OC)cc2)cc1. The molecule has 39 heavy (non-hydrogen) atoms. The van der Waals surface area contributed by atoms with Gasteiger partial charge in [0, 0.05) is 12.3 Å². The van der Waals surface area contributed by atoms with Crippen molar-refractivity contribution < 1.29 is 23.7 Å². The number of carbonyl (C=O) groups excluding carboxylic acids is 1. The van der Waals surface area contributed by atoms with Crippen LogP contribution in [0.15, 0.2) is 101 Å². The molecule has 0 unspecified atom stereocenters. The first-order chi connectivity index (χ1) is 18.9. The van der Waals surface area contributed by atoms with Gasteiger partial charge in [0.25, 0.3) is 5.56 Å². The van der Waals surface area contributed by atoms with Gasteiger partial charge in [-0.2, -0.15) is 0 Å². The Morgan fingerprint density at radius 1 is 0.821 bits per heavy atom. The molecule has 2 atom stereocenters. The van der Waals surface area contributed by atoms with Crippen molar-refractivity contribution in [3.63, 3.8) is 0 Å². The molecule has 9 nitrogen and oxygen atoms in total. The van der Waals surface area contributed by atoms with Gasteiger partial charge in [0.05, 0.1) is 27.2 Å². The number of rotatable bonds is 9. The van der Waals surface area contributed by atoms with Gasteiger partial charge < -0.3 is 18.9 Å². The van der Waals surface area contributed by atoms with Crippen LogP contribution in [-0.2, 0) is 19.9 Å². The molecular weight excluding hydrogens is 500 g/mol. The van der Waals surface area contributed by atoms with E-state index in [0.29, 0.717) is 11.5 Å². The van der Waals surface area contributed by atoms with Crippen molar-refractivity contribution in [2.24, 2.45) is 0 Å². The summed E-state index contributed by atoms with van der Waals surface area (Å²) in [5.74, 6) is 1.18. The zero-order valence-corrected chi connectivity index (χ0v) is 21.5. The fourth-order valence-corrected chi connectivity index (χ4v) is 4.84. The summed E-state index contributed by atoms with van der Waals surface area (Å²) >= 11 is 0. The third kappa shape index (κ3) is 5.14. The van der Waals surface area contributed by atoms with E-state index in [4.69, 9.17) is 18.9 Å². The van der Waals surface area contributed by atoms with Crippen molar-refractivity contribution in [1.82, 2.24) is 9.55 Å². The van der Waals surface area contributed by atoms with Crippen molar-refractivity contribution in [3.05, 3.63) is 129 Å². The lowest BCUT2D eigenvalue weighted by atomic mass is 9.80. The van der Waals surface area contributed by atoms with E-state index in [1.54, 1.807) is 14.2 Å². The largest absolute Gasteiger partial charge is 0.497 e. The number of ketones is 1. The number of aromatic nitrogens is 2. The first kappa shape index (κ1) is 26.1. The van der Waals surface area contributed by atoms with Crippen LogP contribution in [0.2, 0.25) is 0 Å². The highest BCUT2D eigenvalue weighted by molar-refractivity contribution is 5.85. The van der Waals surface area contributed by atoms with Gasteiger partial charge in [-0.05, 0) is 41.0 Å². The maximum Gasteiger partial charge on any atom is 0.330 e. The van der Waals surface area contributed by atoms with Crippen LogP contribution in [-0.4, -0.2) is 42.3 Å². The summed E-state index contributed by atoms with van der Waals surface area (Å²) in [4.78, 5) is 39.0. The van der Waals surface area contributed by atoms with Crippen LogP contribution in [0.1, 0.15) is 29.3 Å². The molecule has 1 fully saturated rings. The van der Waals surface area contributed by atoms with E-state index in [9.17, 15) is 14.4 Å². The first-order valence-corrected chi connectivity index (χ1v) is 12.4. The Hall–Kier alpha value is -4.47. The normalized spacial score (nSPS) is 17.2. The van der Waals surface area contributed by atoms with E-state index in [1.165, 1.54) is 16.8 Å². The molecule has 0 bridgehead atoms. The second-order valence-electron chi connectivity index (χ2n) is 9.08. The van der Waals surface area contributed by atoms with Crippen molar-refractivity contribution in [2.45, 2.75) is 24.4 Å². The number of hydrogen-bond donors (Lipinski definition) is 1. The average molecular weight is 529 g/mol. The lowest BCUT2D eigenvalue weighted by Crippen LogP contribution is -2.37. The number of nitrogens with zero attached hydrogens (tertiary/aromatic N) is 1. The minimum absolute atomic E-state index is 0.0244. The third-order valence-electron chi connectivity index (χ3n) is 6.84. The molecule has 3 aromatic carbocycles. The topological polar surface area (TPSA) is 109 Å². The molecule has 0 radical (unpaired) electrons. The highest BCUT2D eigenvalue weighted by atomic mass is 16.6. The van der Waals surface area contributed by atoms with E-state index >= 15 is 0 Å². The molecule has 0 spiro atoms. The Morgan fingerprint density at radius 2 is 1.38 bits per heavy atom. The zero-order valence-electron chi connectivity index (χ0n) is 21.5. The number of carbonyl (C=O) groups is 1. The van der Waals surface area contributed by atoms with E-state index in [2.05, 4.69) is 4.98 Å². The minimum atomic E-state index is -1.11. The van der Waals surface area contributed by atoms with Crippen LogP contribution in [0, 0.1) is 0 Å². The van der Waals surface area contributed by atoms with Gasteiger partial charge in [0.2, 0.25) is 0 Å². The number of Topliss-reactive ketones (excluding diaryl/α,β-unsaturated/α-hetero) is 1. The lowest BCUT2D eigenvalue weighted by Gasteiger charge is -2.36. The van der Waals surface area contributed by atoms with Gasteiger partial charge >= 0.3 is 5.69 Å². The molecule has 1 aliphatic rings. The van der Waals surface area contributed by atoms with Crippen molar-refractivity contribution in [2.75, 3.05) is 20.8 Å². The van der Waals surface area contributed by atoms with Crippen molar-refractivity contribution in [1.29, 1.82) is 0 Å². The van der Waals surface area contributed by atoms with Crippen LogP contribution in [0.5, 0.6) is 11.5 Å². The van der Waals surface area contributed by atoms with Gasteiger partial charge in [0.15, 0.2) is 5.78 Å². The molecule has 4 aromatic rings. The number of nitrogens with one attached hydrogen (secondary N) is 1. The van der Waals surface area contributed by atoms with E-state index in [-0.39, 0.29) is 18.8 Å². The molecule has 1 aliphatic heterocycles. The summed E-state index contributed by atoms with van der Waals surface area (Å²) in [6.45, 7) is -0.0829. The lowest BCUT2D eigenvalue weighted by molar-refractivity contribution is -0.130. The molecule has 9 heteroatoms. The number of aromatic amines is 1. The molecule has 0 aliphatic carbocycles. The predicted molar refractivity (Wildman–Crippen MR) is 143 cm³/mol. The summed E-state index contributed by atoms with van der Waals surface area (Å²) in [5, 5.41) is 0. The monoisotopic (exact) mass is 528 g/mol. The summed E-state index contributed by atoms with van der Waals surface area (Å²) in [6.07, 6.45) is -0.466. The van der Waals surface area contributed by atoms with Crippen LogP contribution in [0.3, 0.4) is 0 Å². The van der Waals surface area contributed by atoms with Crippen molar-refractivity contribution in [3.8, 4) is 11.5 Å². The zero-order chi connectivity index (χ0) is 27.4. The van der Waals surface area contributed by atoms with E-state index in [1.807, 2.05) is 78.9 Å². The quantitative estimate of drug-likeness (QED) is 0.332. The molecule has 1 saturated heterocycles. The van der Waals surface area contributed by atoms with Crippen LogP contribution in [0.4, 0.5) is 0 Å². The molecule has 5 rings (SSSR count). The fraction of sp³-hybridized carbons (Fsp3) is 0.233. The third-order valence-corrected chi connectivity index (χ3v) is 6.84. The van der Waals surface area contributed by atoms with Gasteiger partial charge in [0.1, 0.15) is 29.4 Å². The number of ether oxygens (including phenoxy) is 4. The minimum Gasteiger partial charge on any atom is -0.497 e. The molecule has 2 heterocycles. The summed E-state index contributed by atoms with van der Waals surface area (Å²) in [6, 6.07) is 26.1. The predicted octanol–water partition coefficient (Wildman–Crippen LogP) is 3.42. The molecule has 1 aromatic heterocycles. The van der Waals surface area contributed by atoms with Gasteiger partial charge in [-0.25, -0.2) is 4.79 Å². The second kappa shape index (κ2) is 11.1. The first-order valence-electron chi connectivity index (χ1n) is 12.4. The Labute approximate surface area is 224 Å². The number of hydrogen-bond acceptors (Lipinski definition) is 7. The number of H-pyrrole nitrogens is 1. The van der Waals surface area contributed by atoms with Gasteiger partial charge in [-0.1, -0.05) is 54.6 Å². The molecule has 0 amide bonds. The van der Waals surface area contributed by atoms with Crippen molar-refractivity contribution >= 4 is 5.78 Å². The Morgan fingerprint density at radius 3 is 1.92 bits per heavy atom. The molecule has 1 N–H and O–H groups in total. The number of benzene rings is 3. The Bertz CT molecular complexity index is 1500. The number of methoxy groups -OCH3 is 2. The summed E-state index contributed by atoms with van der Waals surface area (Å²) in [5.41, 5.74) is 0.205. The Kier molecular flexibility index (Phi) is 7.44. The van der Waals surface area contributed by atoms with Gasteiger partial charge in [-0.15, -0.1) is 0 Å². The summed E-state index contributed by atoms with van der Waals surface area (Å²) in [7, 11) is 3.21. The highest BCUT2D eigenvalue weighted by Gasteiger charge is 2.42. The highest BCUT2D eigenvalue weighted by Crippen LogP contribution is 2.42.